The minimum absolute atomic E-state index is 0.331. The lowest BCUT2D eigenvalue weighted by molar-refractivity contribution is 0.201. The molecule has 0 amide bonds. The lowest BCUT2D eigenvalue weighted by atomic mass is 10.3. The molecule has 0 saturated carbocycles. The Morgan fingerprint density at radius 2 is 2.20 bits per heavy atom. The SMILES string of the molecule is CC(O)CN(C)c1nc2ccccc2s1. The van der Waals surface area contributed by atoms with E-state index in [1.54, 1.807) is 18.3 Å². The van der Waals surface area contributed by atoms with Gasteiger partial charge in [-0.2, -0.15) is 0 Å². The Kier molecular flexibility index (Phi) is 2.88. The van der Waals surface area contributed by atoms with Gasteiger partial charge in [-0.05, 0) is 19.1 Å². The summed E-state index contributed by atoms with van der Waals surface area (Å²) in [6.07, 6.45) is -0.331. The number of aromatic nitrogens is 1. The third-order valence-electron chi connectivity index (χ3n) is 2.15. The van der Waals surface area contributed by atoms with Gasteiger partial charge in [0.15, 0.2) is 5.13 Å². The van der Waals surface area contributed by atoms with Crippen LogP contribution < -0.4 is 4.90 Å². The number of aliphatic hydroxyl groups excluding tert-OH is 1. The van der Waals surface area contributed by atoms with Crippen LogP contribution in [-0.4, -0.2) is 29.8 Å². The maximum Gasteiger partial charge on any atom is 0.186 e. The number of aliphatic hydroxyl groups is 1. The molecule has 0 bridgehead atoms. The molecule has 1 aromatic carbocycles. The molecule has 0 radical (unpaired) electrons. The Morgan fingerprint density at radius 1 is 1.47 bits per heavy atom. The molecule has 1 heterocycles. The second-order valence-corrected chi connectivity index (χ2v) is 4.70. The van der Waals surface area contributed by atoms with Crippen LogP contribution in [0.5, 0.6) is 0 Å². The summed E-state index contributed by atoms with van der Waals surface area (Å²) in [4.78, 5) is 6.48. The summed E-state index contributed by atoms with van der Waals surface area (Å²) < 4.78 is 1.19. The van der Waals surface area contributed by atoms with Gasteiger partial charge in [0.25, 0.3) is 0 Å². The highest BCUT2D eigenvalue weighted by Crippen LogP contribution is 2.27. The minimum atomic E-state index is -0.331. The van der Waals surface area contributed by atoms with Gasteiger partial charge in [-0.3, -0.25) is 0 Å². The van der Waals surface area contributed by atoms with Gasteiger partial charge in [-0.15, -0.1) is 0 Å². The quantitative estimate of drug-likeness (QED) is 0.864. The van der Waals surface area contributed by atoms with Crippen molar-refractivity contribution in [1.29, 1.82) is 0 Å². The van der Waals surface area contributed by atoms with E-state index in [-0.39, 0.29) is 6.10 Å². The summed E-state index contributed by atoms with van der Waals surface area (Å²) in [6.45, 7) is 2.39. The normalized spacial score (nSPS) is 13.0. The fraction of sp³-hybridized carbons (Fsp3) is 0.364. The van der Waals surface area contributed by atoms with Gasteiger partial charge in [-0.25, -0.2) is 4.98 Å². The number of nitrogens with zero attached hydrogens (tertiary/aromatic N) is 2. The molecule has 1 unspecified atom stereocenters. The zero-order valence-corrected chi connectivity index (χ0v) is 9.66. The maximum atomic E-state index is 9.29. The van der Waals surface area contributed by atoms with Crippen LogP contribution in [0.2, 0.25) is 0 Å². The van der Waals surface area contributed by atoms with Gasteiger partial charge in [-0.1, -0.05) is 23.5 Å². The van der Waals surface area contributed by atoms with Gasteiger partial charge >= 0.3 is 0 Å². The Morgan fingerprint density at radius 3 is 2.87 bits per heavy atom. The molecule has 0 aliphatic carbocycles. The summed E-state index contributed by atoms with van der Waals surface area (Å²) in [6, 6.07) is 8.07. The standard InChI is InChI=1S/C11H14N2OS/c1-8(14)7-13(2)11-12-9-5-3-4-6-10(9)15-11/h3-6,8,14H,7H2,1-2H3. The molecule has 0 spiro atoms. The Balaban J connectivity index is 2.28. The van der Waals surface area contributed by atoms with E-state index in [1.807, 2.05) is 30.1 Å². The molecule has 3 nitrogen and oxygen atoms in total. The average molecular weight is 222 g/mol. The van der Waals surface area contributed by atoms with E-state index in [1.165, 1.54) is 4.70 Å². The van der Waals surface area contributed by atoms with Crippen LogP contribution in [0.4, 0.5) is 5.13 Å². The first-order valence-electron chi connectivity index (χ1n) is 4.91. The predicted molar refractivity (Wildman–Crippen MR) is 64.6 cm³/mol. The summed E-state index contributed by atoms with van der Waals surface area (Å²) in [5.41, 5.74) is 1.02. The number of rotatable bonds is 3. The molecule has 1 N–H and O–H groups in total. The maximum absolute atomic E-state index is 9.29. The fourth-order valence-corrected chi connectivity index (χ4v) is 2.43. The Hall–Kier alpha value is -1.13. The summed E-state index contributed by atoms with van der Waals surface area (Å²) in [5.74, 6) is 0. The molecular weight excluding hydrogens is 208 g/mol. The van der Waals surface area contributed by atoms with Crippen molar-refractivity contribution in [3.8, 4) is 0 Å². The second kappa shape index (κ2) is 4.16. The van der Waals surface area contributed by atoms with Crippen LogP contribution in [0.25, 0.3) is 10.2 Å². The number of fused-ring (bicyclic) bond motifs is 1. The van der Waals surface area contributed by atoms with E-state index < -0.39 is 0 Å². The molecule has 0 fully saturated rings. The molecule has 80 valence electrons. The van der Waals surface area contributed by atoms with Crippen molar-refractivity contribution in [1.82, 2.24) is 4.98 Å². The van der Waals surface area contributed by atoms with E-state index in [0.717, 1.165) is 10.6 Å². The number of likely N-dealkylation sites (N-methyl/N-ethyl adjacent to an activating group) is 1. The molecule has 1 atom stereocenters. The van der Waals surface area contributed by atoms with E-state index in [4.69, 9.17) is 0 Å². The van der Waals surface area contributed by atoms with Gasteiger partial charge < -0.3 is 10.0 Å². The van der Waals surface area contributed by atoms with Gasteiger partial charge in [0, 0.05) is 13.6 Å². The lowest BCUT2D eigenvalue weighted by Gasteiger charge is -2.16. The summed E-state index contributed by atoms with van der Waals surface area (Å²) in [5, 5.41) is 10.2. The molecule has 0 aliphatic heterocycles. The first-order chi connectivity index (χ1) is 7.16. The largest absolute Gasteiger partial charge is 0.392 e. The van der Waals surface area contributed by atoms with Crippen molar-refractivity contribution >= 4 is 26.7 Å². The highest BCUT2D eigenvalue weighted by molar-refractivity contribution is 7.22. The smallest absolute Gasteiger partial charge is 0.186 e. The van der Waals surface area contributed by atoms with Crippen LogP contribution >= 0.6 is 11.3 Å². The molecule has 1 aromatic heterocycles. The molecular formula is C11H14N2OS. The zero-order chi connectivity index (χ0) is 10.8. The molecule has 4 heteroatoms. The third-order valence-corrected chi connectivity index (χ3v) is 3.30. The third kappa shape index (κ3) is 2.27. The van der Waals surface area contributed by atoms with Crippen LogP contribution in [0.1, 0.15) is 6.92 Å². The highest BCUT2D eigenvalue weighted by atomic mass is 32.1. The van der Waals surface area contributed by atoms with E-state index >= 15 is 0 Å². The average Bonchev–Trinajstić information content (AvgIpc) is 2.59. The molecule has 2 aromatic rings. The Labute approximate surface area is 93.0 Å². The highest BCUT2D eigenvalue weighted by Gasteiger charge is 2.09. The first kappa shape index (κ1) is 10.4. The van der Waals surface area contributed by atoms with Crippen LogP contribution in [0, 0.1) is 0 Å². The van der Waals surface area contributed by atoms with E-state index in [0.29, 0.717) is 6.54 Å². The number of hydrogen-bond acceptors (Lipinski definition) is 4. The van der Waals surface area contributed by atoms with Crippen molar-refractivity contribution in [2.45, 2.75) is 13.0 Å². The molecule has 0 saturated heterocycles. The minimum Gasteiger partial charge on any atom is -0.392 e. The van der Waals surface area contributed by atoms with Crippen molar-refractivity contribution in [2.75, 3.05) is 18.5 Å². The fourth-order valence-electron chi connectivity index (χ4n) is 1.50. The number of hydrogen-bond donors (Lipinski definition) is 1. The van der Waals surface area contributed by atoms with Gasteiger partial charge in [0.1, 0.15) is 0 Å². The van der Waals surface area contributed by atoms with Crippen molar-refractivity contribution in [3.05, 3.63) is 24.3 Å². The van der Waals surface area contributed by atoms with Crippen molar-refractivity contribution < 1.29 is 5.11 Å². The zero-order valence-electron chi connectivity index (χ0n) is 8.84. The van der Waals surface area contributed by atoms with E-state index in [2.05, 4.69) is 11.1 Å². The number of thiazole rings is 1. The predicted octanol–water partition coefficient (Wildman–Crippen LogP) is 2.11. The molecule has 15 heavy (non-hydrogen) atoms. The van der Waals surface area contributed by atoms with Crippen molar-refractivity contribution in [3.63, 3.8) is 0 Å². The second-order valence-electron chi connectivity index (χ2n) is 3.69. The van der Waals surface area contributed by atoms with Gasteiger partial charge in [0.2, 0.25) is 0 Å². The number of anilines is 1. The summed E-state index contributed by atoms with van der Waals surface area (Å²) >= 11 is 1.65. The van der Waals surface area contributed by atoms with Crippen LogP contribution in [0.15, 0.2) is 24.3 Å². The van der Waals surface area contributed by atoms with Crippen LogP contribution in [0.3, 0.4) is 0 Å². The Bertz CT molecular complexity index is 420. The van der Waals surface area contributed by atoms with Crippen LogP contribution in [-0.2, 0) is 0 Å². The van der Waals surface area contributed by atoms with Crippen molar-refractivity contribution in [2.24, 2.45) is 0 Å². The monoisotopic (exact) mass is 222 g/mol. The van der Waals surface area contributed by atoms with Gasteiger partial charge in [0.05, 0.1) is 16.3 Å². The summed E-state index contributed by atoms with van der Waals surface area (Å²) in [7, 11) is 1.95. The topological polar surface area (TPSA) is 36.4 Å². The molecule has 0 aliphatic rings. The number of benzene rings is 1. The lowest BCUT2D eigenvalue weighted by Crippen LogP contribution is -2.26. The number of para-hydroxylation sites is 1. The molecule has 2 rings (SSSR count). The van der Waals surface area contributed by atoms with E-state index in [9.17, 15) is 5.11 Å². The first-order valence-corrected chi connectivity index (χ1v) is 5.73.